The minimum absolute atomic E-state index is 0.0767. The van der Waals surface area contributed by atoms with Gasteiger partial charge in [-0.05, 0) is 21.5 Å². The highest BCUT2D eigenvalue weighted by Gasteiger charge is 2.16. The number of alkyl halides is 2. The highest BCUT2D eigenvalue weighted by molar-refractivity contribution is 9.10. The summed E-state index contributed by atoms with van der Waals surface area (Å²) >= 11 is 2.90. The van der Waals surface area contributed by atoms with E-state index in [0.717, 1.165) is 6.20 Å². The van der Waals surface area contributed by atoms with Crippen molar-refractivity contribution >= 4 is 15.9 Å². The molecule has 0 amide bonds. The van der Waals surface area contributed by atoms with E-state index in [1.165, 1.54) is 0 Å². The Morgan fingerprint density at radius 1 is 1.62 bits per heavy atom. The molecule has 0 atom stereocenters. The number of H-pyrrole nitrogens is 1. The Hall–Kier alpha value is -0.750. The lowest BCUT2D eigenvalue weighted by molar-refractivity contribution is 0.149. The standard InChI is InChI=1S/C7H7BrF2N2O/c8-5-3(1-11)4(6(9)10)2-12-7(5)13/h2,6H,1,11H2,(H,12,13). The summed E-state index contributed by atoms with van der Waals surface area (Å²) in [6.07, 6.45) is -1.65. The van der Waals surface area contributed by atoms with Crippen molar-refractivity contribution in [3.8, 4) is 0 Å². The van der Waals surface area contributed by atoms with E-state index >= 15 is 0 Å². The number of halogens is 3. The molecule has 0 bridgehead atoms. The monoisotopic (exact) mass is 252 g/mol. The van der Waals surface area contributed by atoms with Crippen LogP contribution in [0.15, 0.2) is 15.5 Å². The van der Waals surface area contributed by atoms with Crippen LogP contribution in [0.4, 0.5) is 8.78 Å². The first-order valence-electron chi connectivity index (χ1n) is 3.46. The van der Waals surface area contributed by atoms with E-state index in [1.807, 2.05) is 0 Å². The van der Waals surface area contributed by atoms with Crippen molar-refractivity contribution in [2.24, 2.45) is 5.73 Å². The zero-order valence-electron chi connectivity index (χ0n) is 6.48. The number of pyridine rings is 1. The molecule has 13 heavy (non-hydrogen) atoms. The van der Waals surface area contributed by atoms with E-state index in [1.54, 1.807) is 0 Å². The Balaban J connectivity index is 3.38. The summed E-state index contributed by atoms with van der Waals surface area (Å²) in [5, 5.41) is 0. The number of hydrogen-bond acceptors (Lipinski definition) is 2. The maximum absolute atomic E-state index is 12.3. The maximum atomic E-state index is 12.3. The van der Waals surface area contributed by atoms with E-state index in [0.29, 0.717) is 0 Å². The zero-order valence-corrected chi connectivity index (χ0v) is 8.07. The molecule has 0 unspecified atom stereocenters. The largest absolute Gasteiger partial charge is 0.328 e. The number of hydrogen-bond donors (Lipinski definition) is 2. The molecular formula is C7H7BrF2N2O. The maximum Gasteiger partial charge on any atom is 0.265 e. The van der Waals surface area contributed by atoms with Crippen LogP contribution in [0.1, 0.15) is 17.6 Å². The molecule has 3 nitrogen and oxygen atoms in total. The Kier molecular flexibility index (Phi) is 3.16. The van der Waals surface area contributed by atoms with Crippen LogP contribution in [-0.4, -0.2) is 4.98 Å². The van der Waals surface area contributed by atoms with Crippen LogP contribution in [-0.2, 0) is 6.54 Å². The molecular weight excluding hydrogens is 246 g/mol. The second kappa shape index (κ2) is 3.97. The molecule has 6 heteroatoms. The van der Waals surface area contributed by atoms with Crippen LogP contribution in [0.5, 0.6) is 0 Å². The van der Waals surface area contributed by atoms with Gasteiger partial charge in [-0.3, -0.25) is 4.79 Å². The number of aromatic nitrogens is 1. The molecule has 3 N–H and O–H groups in total. The topological polar surface area (TPSA) is 58.9 Å². The lowest BCUT2D eigenvalue weighted by Crippen LogP contribution is -2.14. The smallest absolute Gasteiger partial charge is 0.265 e. The van der Waals surface area contributed by atoms with Crippen LogP contribution in [0.2, 0.25) is 0 Å². The SMILES string of the molecule is NCc1c(C(F)F)c[nH]c(=O)c1Br. The quantitative estimate of drug-likeness (QED) is 0.839. The van der Waals surface area contributed by atoms with Gasteiger partial charge in [0.2, 0.25) is 0 Å². The van der Waals surface area contributed by atoms with E-state index in [9.17, 15) is 13.6 Å². The Labute approximate surface area is 81.1 Å². The van der Waals surface area contributed by atoms with Gasteiger partial charge in [-0.2, -0.15) is 0 Å². The van der Waals surface area contributed by atoms with Crippen molar-refractivity contribution in [2.45, 2.75) is 13.0 Å². The van der Waals surface area contributed by atoms with Gasteiger partial charge < -0.3 is 10.7 Å². The van der Waals surface area contributed by atoms with Crippen LogP contribution in [0, 0.1) is 0 Å². The minimum atomic E-state index is -2.63. The van der Waals surface area contributed by atoms with E-state index in [2.05, 4.69) is 20.9 Å². The van der Waals surface area contributed by atoms with Crippen molar-refractivity contribution in [1.29, 1.82) is 0 Å². The second-order valence-corrected chi connectivity index (χ2v) is 3.16. The van der Waals surface area contributed by atoms with E-state index in [-0.39, 0.29) is 22.1 Å². The van der Waals surface area contributed by atoms with Gasteiger partial charge in [-0.1, -0.05) is 0 Å². The molecule has 0 saturated heterocycles. The lowest BCUT2D eigenvalue weighted by atomic mass is 10.1. The van der Waals surface area contributed by atoms with Crippen LogP contribution in [0.25, 0.3) is 0 Å². The average molecular weight is 253 g/mol. The summed E-state index contributed by atoms with van der Waals surface area (Å²) < 4.78 is 24.7. The molecule has 0 aliphatic heterocycles. The zero-order chi connectivity index (χ0) is 10.0. The van der Waals surface area contributed by atoms with Crippen molar-refractivity contribution < 1.29 is 8.78 Å². The second-order valence-electron chi connectivity index (χ2n) is 2.37. The van der Waals surface area contributed by atoms with Gasteiger partial charge >= 0.3 is 0 Å². The molecule has 0 aliphatic carbocycles. The molecule has 1 aromatic heterocycles. The number of rotatable bonds is 2. The van der Waals surface area contributed by atoms with Crippen LogP contribution < -0.4 is 11.3 Å². The summed E-state index contributed by atoms with van der Waals surface area (Å²) in [5.74, 6) is 0. The van der Waals surface area contributed by atoms with Gasteiger partial charge in [0, 0.05) is 18.3 Å². The molecule has 0 aliphatic rings. The first kappa shape index (κ1) is 10.3. The van der Waals surface area contributed by atoms with Gasteiger partial charge in [0.05, 0.1) is 4.47 Å². The Morgan fingerprint density at radius 3 is 2.69 bits per heavy atom. The fourth-order valence-electron chi connectivity index (χ4n) is 0.960. The average Bonchev–Trinajstić information content (AvgIpc) is 2.09. The number of nitrogens with one attached hydrogen (secondary N) is 1. The minimum Gasteiger partial charge on any atom is -0.328 e. The molecule has 1 heterocycles. The summed E-state index contributed by atoms with van der Waals surface area (Å²) in [5.41, 5.74) is 4.70. The third-order valence-corrected chi connectivity index (χ3v) is 2.45. The fraction of sp³-hybridized carbons (Fsp3) is 0.286. The normalized spacial score (nSPS) is 10.8. The highest BCUT2D eigenvalue weighted by Crippen LogP contribution is 2.24. The number of nitrogens with two attached hydrogens (primary N) is 1. The van der Waals surface area contributed by atoms with Crippen molar-refractivity contribution in [3.05, 3.63) is 32.2 Å². The predicted octanol–water partition coefficient (Wildman–Crippen LogP) is 1.53. The van der Waals surface area contributed by atoms with E-state index in [4.69, 9.17) is 5.73 Å². The van der Waals surface area contributed by atoms with Crippen molar-refractivity contribution in [3.63, 3.8) is 0 Å². The van der Waals surface area contributed by atoms with Gasteiger partial charge in [0.1, 0.15) is 0 Å². The summed E-state index contributed by atoms with van der Waals surface area (Å²) in [7, 11) is 0. The van der Waals surface area contributed by atoms with Crippen LogP contribution in [0.3, 0.4) is 0 Å². The Bertz CT molecular complexity index is 364. The summed E-state index contributed by atoms with van der Waals surface area (Å²) in [4.78, 5) is 13.2. The third kappa shape index (κ3) is 1.94. The molecule has 0 radical (unpaired) electrons. The highest BCUT2D eigenvalue weighted by atomic mass is 79.9. The van der Waals surface area contributed by atoms with Gasteiger partial charge in [-0.15, -0.1) is 0 Å². The summed E-state index contributed by atoms with van der Waals surface area (Å²) in [6, 6.07) is 0. The van der Waals surface area contributed by atoms with Crippen molar-refractivity contribution in [2.75, 3.05) is 0 Å². The molecule has 0 fully saturated rings. The molecule has 72 valence electrons. The van der Waals surface area contributed by atoms with Crippen LogP contribution >= 0.6 is 15.9 Å². The fourth-order valence-corrected chi connectivity index (χ4v) is 1.46. The van der Waals surface area contributed by atoms with Gasteiger partial charge in [-0.25, -0.2) is 8.78 Å². The molecule has 0 saturated carbocycles. The predicted molar refractivity (Wildman–Crippen MR) is 47.6 cm³/mol. The molecule has 1 aromatic rings. The third-order valence-electron chi connectivity index (χ3n) is 1.61. The number of aromatic amines is 1. The lowest BCUT2D eigenvalue weighted by Gasteiger charge is -2.07. The Morgan fingerprint density at radius 2 is 2.23 bits per heavy atom. The molecule has 0 spiro atoms. The van der Waals surface area contributed by atoms with Crippen molar-refractivity contribution in [1.82, 2.24) is 4.98 Å². The van der Waals surface area contributed by atoms with E-state index < -0.39 is 12.0 Å². The summed E-state index contributed by atoms with van der Waals surface area (Å²) in [6.45, 7) is -0.0931. The molecule has 0 aromatic carbocycles. The molecule has 1 rings (SSSR count). The first-order chi connectivity index (χ1) is 6.07. The first-order valence-corrected chi connectivity index (χ1v) is 4.25. The van der Waals surface area contributed by atoms with Gasteiger partial charge in [0.25, 0.3) is 12.0 Å². The van der Waals surface area contributed by atoms with Gasteiger partial charge in [0.15, 0.2) is 0 Å².